The highest BCUT2D eigenvalue weighted by atomic mass is 33.1. The van der Waals surface area contributed by atoms with Crippen molar-refractivity contribution in [2.45, 2.75) is 9.79 Å². The van der Waals surface area contributed by atoms with Crippen molar-refractivity contribution >= 4 is 33.0 Å². The van der Waals surface area contributed by atoms with Crippen molar-refractivity contribution in [3.05, 3.63) is 63.9 Å². The number of quaternary nitrogens is 1. The summed E-state index contributed by atoms with van der Waals surface area (Å²) in [7, 11) is 2.88. The fourth-order valence-corrected chi connectivity index (χ4v) is 3.40. The van der Waals surface area contributed by atoms with E-state index in [0.29, 0.717) is 5.69 Å². The number of rotatable bonds is 5. The molecule has 0 aliphatic heterocycles. The van der Waals surface area contributed by atoms with Crippen LogP contribution in [0.25, 0.3) is 0 Å². The van der Waals surface area contributed by atoms with Crippen LogP contribution >= 0.6 is 21.6 Å². The van der Waals surface area contributed by atoms with Gasteiger partial charge in [-0.1, -0.05) is 33.7 Å². The highest BCUT2D eigenvalue weighted by Gasteiger charge is 2.06. The van der Waals surface area contributed by atoms with E-state index in [1.165, 1.54) is 33.7 Å². The average Bonchev–Trinajstić information content (AvgIpc) is 2.45. The molecule has 0 aliphatic carbocycles. The van der Waals surface area contributed by atoms with Gasteiger partial charge in [0.2, 0.25) is 0 Å². The smallest absolute Gasteiger partial charge is 0.270 e. The highest BCUT2D eigenvalue weighted by Crippen LogP contribution is 2.38. The van der Waals surface area contributed by atoms with E-state index < -0.39 is 4.92 Å². The molecule has 2 N–H and O–H groups in total. The SMILES string of the molecule is O=[N+]([O-])c1cccc(SSc2cccc([NH2+][O-])c2)c1. The summed E-state index contributed by atoms with van der Waals surface area (Å²) in [6.45, 7) is 0. The molecule has 0 saturated carbocycles. The van der Waals surface area contributed by atoms with Crippen LogP contribution in [0, 0.1) is 15.3 Å². The molecule has 0 radical (unpaired) electrons. The van der Waals surface area contributed by atoms with E-state index in [4.69, 9.17) is 0 Å². The Hall–Kier alpha value is -1.54. The Morgan fingerprint density at radius 3 is 2.26 bits per heavy atom. The fourth-order valence-electron chi connectivity index (χ4n) is 1.38. The molecular formula is C12H10N2O3S2. The lowest BCUT2D eigenvalue weighted by Gasteiger charge is -2.04. The molecule has 5 nitrogen and oxygen atoms in total. The Bertz CT molecular complexity index is 593. The van der Waals surface area contributed by atoms with E-state index in [-0.39, 0.29) is 5.69 Å². The Morgan fingerprint density at radius 2 is 1.63 bits per heavy atom. The van der Waals surface area contributed by atoms with Gasteiger partial charge in [0.05, 0.1) is 4.92 Å². The van der Waals surface area contributed by atoms with Gasteiger partial charge < -0.3 is 10.7 Å². The Balaban J connectivity index is 2.05. The van der Waals surface area contributed by atoms with Crippen molar-refractivity contribution in [1.29, 1.82) is 0 Å². The van der Waals surface area contributed by atoms with E-state index in [1.807, 2.05) is 12.1 Å². The van der Waals surface area contributed by atoms with Crippen molar-refractivity contribution in [2.24, 2.45) is 0 Å². The number of non-ortho nitro benzene ring substituents is 1. The summed E-state index contributed by atoms with van der Waals surface area (Å²) in [5.41, 5.74) is 1.49. The maximum Gasteiger partial charge on any atom is 0.270 e. The highest BCUT2D eigenvalue weighted by molar-refractivity contribution is 8.76. The molecule has 0 aliphatic rings. The van der Waals surface area contributed by atoms with E-state index in [0.717, 1.165) is 15.3 Å². The molecule has 0 aromatic heterocycles. The summed E-state index contributed by atoms with van der Waals surface area (Å²) in [6.07, 6.45) is 0. The van der Waals surface area contributed by atoms with E-state index >= 15 is 0 Å². The Kier molecular flexibility index (Phi) is 4.80. The predicted molar refractivity (Wildman–Crippen MR) is 76.2 cm³/mol. The zero-order valence-corrected chi connectivity index (χ0v) is 11.3. The first-order valence-corrected chi connectivity index (χ1v) is 7.48. The van der Waals surface area contributed by atoms with E-state index in [2.05, 4.69) is 0 Å². The lowest BCUT2D eigenvalue weighted by atomic mass is 10.3. The first-order chi connectivity index (χ1) is 9.19. The van der Waals surface area contributed by atoms with E-state index in [9.17, 15) is 15.3 Å². The lowest BCUT2D eigenvalue weighted by Crippen LogP contribution is -2.70. The molecule has 0 atom stereocenters. The van der Waals surface area contributed by atoms with Gasteiger partial charge in [-0.25, -0.2) is 0 Å². The zero-order chi connectivity index (χ0) is 13.7. The monoisotopic (exact) mass is 294 g/mol. The second kappa shape index (κ2) is 6.58. The third kappa shape index (κ3) is 3.97. The molecule has 0 fully saturated rings. The molecule has 0 bridgehead atoms. The van der Waals surface area contributed by atoms with Crippen LogP contribution in [0.1, 0.15) is 0 Å². The molecule has 0 saturated heterocycles. The fraction of sp³-hybridized carbons (Fsp3) is 0. The number of nitrogens with zero attached hydrogens (tertiary/aromatic N) is 1. The predicted octanol–water partition coefficient (Wildman–Crippen LogP) is 3.09. The molecular weight excluding hydrogens is 284 g/mol. The first kappa shape index (κ1) is 13.9. The first-order valence-electron chi connectivity index (χ1n) is 5.33. The summed E-state index contributed by atoms with van der Waals surface area (Å²) < 4.78 is 0. The third-order valence-electron chi connectivity index (χ3n) is 2.26. The number of benzene rings is 2. The lowest BCUT2D eigenvalue weighted by molar-refractivity contribution is -0.497. The molecule has 19 heavy (non-hydrogen) atoms. The minimum atomic E-state index is -0.415. The largest absolute Gasteiger partial charge is 0.630 e. The Labute approximate surface area is 117 Å². The molecule has 0 amide bonds. The molecule has 0 spiro atoms. The van der Waals surface area contributed by atoms with E-state index in [1.54, 1.807) is 24.3 Å². The van der Waals surface area contributed by atoms with Gasteiger partial charge in [-0.3, -0.25) is 10.1 Å². The molecule has 0 unspecified atom stereocenters. The van der Waals surface area contributed by atoms with Gasteiger partial charge in [0.15, 0.2) is 0 Å². The number of nitro groups is 1. The molecule has 98 valence electrons. The van der Waals surface area contributed by atoms with Crippen LogP contribution in [0.15, 0.2) is 58.3 Å². The maximum atomic E-state index is 10.7. The third-order valence-corrected chi connectivity index (χ3v) is 4.64. The maximum absolute atomic E-state index is 10.7. The molecule has 0 heterocycles. The van der Waals surface area contributed by atoms with Crippen LogP contribution in [0.2, 0.25) is 0 Å². The second-order valence-electron chi connectivity index (χ2n) is 3.61. The minimum Gasteiger partial charge on any atom is -0.630 e. The van der Waals surface area contributed by atoms with Crippen LogP contribution in [-0.2, 0) is 0 Å². The van der Waals surface area contributed by atoms with Crippen molar-refractivity contribution < 1.29 is 10.4 Å². The van der Waals surface area contributed by atoms with Gasteiger partial charge in [0, 0.05) is 28.0 Å². The molecule has 2 aromatic carbocycles. The van der Waals surface area contributed by atoms with Crippen LogP contribution in [-0.4, -0.2) is 4.92 Å². The number of nitrogens with two attached hydrogens (primary N) is 1. The molecule has 2 aromatic rings. The average molecular weight is 294 g/mol. The topological polar surface area (TPSA) is 82.8 Å². The number of nitro benzene ring substituents is 1. The molecule has 2 rings (SSSR count). The van der Waals surface area contributed by atoms with Crippen molar-refractivity contribution in [3.8, 4) is 0 Å². The van der Waals surface area contributed by atoms with Gasteiger partial charge in [-0.15, -0.1) is 0 Å². The van der Waals surface area contributed by atoms with Crippen molar-refractivity contribution in [2.75, 3.05) is 0 Å². The summed E-state index contributed by atoms with van der Waals surface area (Å²) in [6, 6.07) is 13.7. The molecule has 7 heteroatoms. The number of hydrogen-bond acceptors (Lipinski definition) is 5. The number of hydrogen-bond donors (Lipinski definition) is 1. The van der Waals surface area contributed by atoms with Gasteiger partial charge in [-0.2, -0.15) is 0 Å². The van der Waals surface area contributed by atoms with Gasteiger partial charge in [0.25, 0.3) is 5.69 Å². The van der Waals surface area contributed by atoms with Crippen LogP contribution in [0.5, 0.6) is 0 Å². The van der Waals surface area contributed by atoms with Gasteiger partial charge >= 0.3 is 0 Å². The minimum absolute atomic E-state index is 0.0762. The van der Waals surface area contributed by atoms with Crippen LogP contribution in [0.3, 0.4) is 0 Å². The summed E-state index contributed by atoms with van der Waals surface area (Å²) in [5, 5.41) is 21.3. The van der Waals surface area contributed by atoms with Crippen molar-refractivity contribution in [3.63, 3.8) is 0 Å². The quantitative estimate of drug-likeness (QED) is 0.396. The summed E-state index contributed by atoms with van der Waals surface area (Å²) >= 11 is 0. The normalized spacial score (nSPS) is 10.4. The van der Waals surface area contributed by atoms with Crippen molar-refractivity contribution in [1.82, 2.24) is 0 Å². The summed E-state index contributed by atoms with van der Waals surface area (Å²) in [4.78, 5) is 12.0. The van der Waals surface area contributed by atoms with Gasteiger partial charge in [-0.05, 0) is 18.2 Å². The standard InChI is InChI=1S/C12H10N2O3S2/c15-13-9-3-1-5-11(7-9)18-19-12-6-2-4-10(8-12)14(16)17/h1-8H,13H2. The van der Waals surface area contributed by atoms with Gasteiger partial charge in [0.1, 0.15) is 5.69 Å². The zero-order valence-electron chi connectivity index (χ0n) is 9.68. The van der Waals surface area contributed by atoms with Crippen LogP contribution in [0.4, 0.5) is 11.4 Å². The second-order valence-corrected chi connectivity index (χ2v) is 5.89. The summed E-state index contributed by atoms with van der Waals surface area (Å²) in [5.74, 6) is 0. The Morgan fingerprint density at radius 1 is 1.00 bits per heavy atom. The van der Waals surface area contributed by atoms with Crippen LogP contribution < -0.4 is 5.48 Å².